The van der Waals surface area contributed by atoms with Crippen LogP contribution in [0.2, 0.25) is 0 Å². The number of carbonyl (C=O) groups is 1. The van der Waals surface area contributed by atoms with Gasteiger partial charge in [-0.15, -0.1) is 0 Å². The summed E-state index contributed by atoms with van der Waals surface area (Å²) in [6.07, 6.45) is -0.485. The first-order chi connectivity index (χ1) is 2.39. The maximum absolute atomic E-state index is 9.50. The number of rotatable bonds is 0. The van der Waals surface area contributed by atoms with Crippen molar-refractivity contribution < 1.29 is 15.9 Å². The minimum atomic E-state index is -1.07. The Kier molecular flexibility index (Phi) is 2.36. The van der Waals surface area contributed by atoms with Gasteiger partial charge in [-0.1, -0.05) is 0 Å². The molecule has 5 heteroatoms. The summed E-state index contributed by atoms with van der Waals surface area (Å²) in [4.78, 5) is 9.50. The molecule has 0 bridgehead atoms. The van der Waals surface area contributed by atoms with Gasteiger partial charge in [-0.3, -0.25) is 0 Å². The molecule has 2 N–H and O–H groups in total. The van der Waals surface area contributed by atoms with Gasteiger partial charge < -0.3 is 5.48 Å². The van der Waals surface area contributed by atoms with Gasteiger partial charge in [0.2, 0.25) is 0 Å². The van der Waals surface area contributed by atoms with Crippen molar-refractivity contribution in [2.24, 2.45) is 0 Å². The van der Waals surface area contributed by atoms with E-state index in [4.69, 9.17) is 0 Å². The van der Waals surface area contributed by atoms with E-state index in [9.17, 15) is 4.79 Å². The average molecular weight is 287 g/mol. The van der Waals surface area contributed by atoms with Crippen LogP contribution < -0.4 is 0 Å². The monoisotopic (exact) mass is 287 g/mol. The van der Waals surface area contributed by atoms with Crippen LogP contribution in [0.5, 0.6) is 0 Å². The van der Waals surface area contributed by atoms with E-state index in [0.717, 1.165) is 0 Å². The summed E-state index contributed by atoms with van der Waals surface area (Å²) in [6, 6.07) is 0. The summed E-state index contributed by atoms with van der Waals surface area (Å²) in [5.41, 5.74) is 0. The second-order valence-electron chi connectivity index (χ2n) is 0.507. The summed E-state index contributed by atoms with van der Waals surface area (Å²) >= 11 is -1.07. The van der Waals surface area contributed by atoms with E-state index in [1.807, 2.05) is 0 Å². The van der Waals surface area contributed by atoms with E-state index in [1.165, 1.54) is 0 Å². The fraction of sp³-hybridized carbons (Fsp3) is 0. The van der Waals surface area contributed by atoms with Crippen LogP contribution in [0.25, 0.3) is 0 Å². The second kappa shape index (κ2) is 2.31. The van der Waals surface area contributed by atoms with Crippen LogP contribution in [0.15, 0.2) is 0 Å². The topological polar surface area (TPSA) is 67.0 Å². The molecule has 0 atom stereocenters. The van der Waals surface area contributed by atoms with Gasteiger partial charge in [0.25, 0.3) is 0 Å². The molecule has 0 aliphatic carbocycles. The zero-order valence-corrected chi connectivity index (χ0v) is 6.15. The van der Waals surface area contributed by atoms with E-state index in [2.05, 4.69) is 5.63 Å². The molecule has 0 saturated carbocycles. The Morgan fingerprint density at radius 1 is 1.50 bits per heavy atom. The molecule has 0 unspecified atom stereocenters. The molecule has 1 aliphatic rings. The molecule has 4 nitrogen and oxygen atoms in total. The molecule has 6 heavy (non-hydrogen) atoms. The SMILES string of the molecule is O.O=C1[O][Bi][O]1. The summed E-state index contributed by atoms with van der Waals surface area (Å²) in [6.45, 7) is 0. The zero-order valence-electron chi connectivity index (χ0n) is 2.67. The molecule has 1 saturated heterocycles. The van der Waals surface area contributed by atoms with Crippen LogP contribution in [0.3, 0.4) is 0 Å². The van der Waals surface area contributed by atoms with E-state index in [-0.39, 0.29) is 5.48 Å². The Labute approximate surface area is 46.5 Å². The Bertz CT molecular complexity index is 54.6. The Morgan fingerprint density at radius 2 is 1.83 bits per heavy atom. The van der Waals surface area contributed by atoms with Crippen LogP contribution >= 0.6 is 0 Å². The maximum atomic E-state index is 9.50. The third kappa shape index (κ3) is 1.07. The number of carbonyl (C=O) groups excluding carboxylic acids is 1. The minimum absolute atomic E-state index is 0. The fourth-order valence-corrected chi connectivity index (χ4v) is 0.594. The van der Waals surface area contributed by atoms with Crippen LogP contribution in [0.1, 0.15) is 0 Å². The zero-order chi connectivity index (χ0) is 3.70. The van der Waals surface area contributed by atoms with Crippen molar-refractivity contribution in [3.63, 3.8) is 0 Å². The van der Waals surface area contributed by atoms with E-state index >= 15 is 0 Å². The van der Waals surface area contributed by atoms with E-state index < -0.39 is 30.3 Å². The van der Waals surface area contributed by atoms with Gasteiger partial charge >= 0.3 is 40.7 Å². The predicted octanol–water partition coefficient (Wildman–Crippen LogP) is -1.14. The molecule has 1 rings (SSSR count). The van der Waals surface area contributed by atoms with Crippen molar-refractivity contribution in [1.82, 2.24) is 0 Å². The summed E-state index contributed by atoms with van der Waals surface area (Å²) in [5, 5.41) is 0. The third-order valence-electron chi connectivity index (χ3n) is 0.224. The van der Waals surface area contributed by atoms with Crippen LogP contribution in [-0.4, -0.2) is 35.7 Å². The summed E-state index contributed by atoms with van der Waals surface area (Å²) in [5.74, 6) is 0. The Balaban J connectivity index is 0.000000250. The van der Waals surface area contributed by atoms with Gasteiger partial charge in [0.15, 0.2) is 0 Å². The molecular weight excluding hydrogens is 285 g/mol. The van der Waals surface area contributed by atoms with Crippen molar-refractivity contribution >= 4 is 30.3 Å². The summed E-state index contributed by atoms with van der Waals surface area (Å²) < 4.78 is 8.50. The molecule has 1 heterocycles. The van der Waals surface area contributed by atoms with Crippen LogP contribution in [-0.2, 0) is 5.63 Å². The fourth-order valence-electron chi connectivity index (χ4n) is 0.0677. The quantitative estimate of drug-likeness (QED) is 0.529. The second-order valence-corrected chi connectivity index (χ2v) is 2.51. The Hall–Kier alpha value is 0.113. The van der Waals surface area contributed by atoms with Crippen molar-refractivity contribution in [2.75, 3.05) is 0 Å². The first kappa shape index (κ1) is 6.11. The normalized spacial score (nSPS) is 15.7. The third-order valence-corrected chi connectivity index (χ3v) is 1.96. The van der Waals surface area contributed by atoms with Gasteiger partial charge in [-0.2, -0.15) is 0 Å². The standard InChI is InChI=1S/CH2O3.Bi.H2O/c2-1(3)4;;/h(H2,2,3,4);;1H2/q;+2;/p-2. The van der Waals surface area contributed by atoms with Gasteiger partial charge in [-0.25, -0.2) is 0 Å². The molecule has 0 aromatic rings. The van der Waals surface area contributed by atoms with E-state index in [1.54, 1.807) is 0 Å². The van der Waals surface area contributed by atoms with Crippen molar-refractivity contribution in [1.29, 1.82) is 0 Å². The molecule has 35 valence electrons. The molecule has 0 spiro atoms. The molecule has 0 aromatic carbocycles. The molecule has 1 aliphatic heterocycles. The average Bonchev–Trinajstić information content (AvgIpc) is 1.30. The van der Waals surface area contributed by atoms with Crippen molar-refractivity contribution in [2.45, 2.75) is 0 Å². The van der Waals surface area contributed by atoms with E-state index in [0.29, 0.717) is 0 Å². The van der Waals surface area contributed by atoms with Gasteiger partial charge in [-0.05, 0) is 0 Å². The molecule has 0 aromatic heterocycles. The molecule has 0 amide bonds. The predicted molar refractivity (Wildman–Crippen MR) is 16.9 cm³/mol. The first-order valence-corrected chi connectivity index (χ1v) is 3.82. The van der Waals surface area contributed by atoms with Crippen LogP contribution in [0.4, 0.5) is 4.79 Å². The summed E-state index contributed by atoms with van der Waals surface area (Å²) in [7, 11) is 0. The number of hydrogen-bond donors (Lipinski definition) is 0. The van der Waals surface area contributed by atoms with Crippen LogP contribution in [0, 0.1) is 0 Å². The Morgan fingerprint density at radius 3 is 1.83 bits per heavy atom. The van der Waals surface area contributed by atoms with Gasteiger partial charge in [0, 0.05) is 0 Å². The first-order valence-electron chi connectivity index (χ1n) is 0.978. The molecular formula is CH2BiO4. The van der Waals surface area contributed by atoms with Crippen molar-refractivity contribution in [3.8, 4) is 0 Å². The van der Waals surface area contributed by atoms with Crippen molar-refractivity contribution in [3.05, 3.63) is 0 Å². The molecule has 1 radical (unpaired) electrons. The van der Waals surface area contributed by atoms with Gasteiger partial charge in [0.05, 0.1) is 0 Å². The molecule has 1 fully saturated rings. The number of hydrogen-bond acceptors (Lipinski definition) is 3. The van der Waals surface area contributed by atoms with Gasteiger partial charge in [0.1, 0.15) is 0 Å².